The number of rotatable bonds is 1. The average molecular weight is 286 g/mol. The number of benzene rings is 1. The topological polar surface area (TPSA) is 40.6 Å². The lowest BCUT2D eigenvalue weighted by atomic mass is 10.2. The molecule has 0 aromatic heterocycles. The van der Waals surface area contributed by atoms with E-state index in [1.54, 1.807) is 30.3 Å². The highest BCUT2D eigenvalue weighted by Crippen LogP contribution is 2.19. The summed E-state index contributed by atoms with van der Waals surface area (Å²) < 4.78 is 36.8. The minimum atomic E-state index is -4.86. The van der Waals surface area contributed by atoms with Crippen molar-refractivity contribution >= 4 is 11.8 Å². The van der Waals surface area contributed by atoms with E-state index in [9.17, 15) is 22.8 Å². The van der Waals surface area contributed by atoms with Gasteiger partial charge in [0, 0.05) is 31.7 Å². The molecule has 0 saturated carbocycles. The predicted octanol–water partition coefficient (Wildman–Crippen LogP) is 1.53. The second-order valence-corrected chi connectivity index (χ2v) is 4.45. The zero-order valence-corrected chi connectivity index (χ0v) is 10.6. The van der Waals surface area contributed by atoms with Crippen LogP contribution in [-0.4, -0.2) is 54.0 Å². The number of carbonyl (C=O) groups is 2. The molecular formula is C13H13F3N2O2. The maximum absolute atomic E-state index is 12.3. The van der Waals surface area contributed by atoms with E-state index in [1.807, 2.05) is 0 Å². The Labute approximate surface area is 113 Å². The van der Waals surface area contributed by atoms with Gasteiger partial charge in [0.2, 0.25) is 0 Å². The maximum atomic E-state index is 12.3. The fourth-order valence-corrected chi connectivity index (χ4v) is 2.06. The highest BCUT2D eigenvalue weighted by Gasteiger charge is 2.43. The van der Waals surface area contributed by atoms with Gasteiger partial charge in [-0.15, -0.1) is 0 Å². The molecule has 1 heterocycles. The summed E-state index contributed by atoms with van der Waals surface area (Å²) in [5, 5.41) is 0. The van der Waals surface area contributed by atoms with Crippen LogP contribution in [0.2, 0.25) is 0 Å². The van der Waals surface area contributed by atoms with Crippen LogP contribution in [0.4, 0.5) is 13.2 Å². The molecule has 0 radical (unpaired) electrons. The van der Waals surface area contributed by atoms with Crippen LogP contribution in [0.3, 0.4) is 0 Å². The fourth-order valence-electron chi connectivity index (χ4n) is 2.06. The lowest BCUT2D eigenvalue weighted by Gasteiger charge is -2.35. The second-order valence-electron chi connectivity index (χ2n) is 4.45. The number of alkyl halides is 3. The first kappa shape index (κ1) is 14.4. The van der Waals surface area contributed by atoms with E-state index >= 15 is 0 Å². The predicted molar refractivity (Wildman–Crippen MR) is 65.0 cm³/mol. The van der Waals surface area contributed by atoms with Gasteiger partial charge in [-0.05, 0) is 12.1 Å². The summed E-state index contributed by atoms with van der Waals surface area (Å²) in [7, 11) is 0. The number of piperazine rings is 1. The van der Waals surface area contributed by atoms with Gasteiger partial charge in [-0.1, -0.05) is 18.2 Å². The molecule has 20 heavy (non-hydrogen) atoms. The molecule has 0 spiro atoms. The van der Waals surface area contributed by atoms with Crippen LogP contribution >= 0.6 is 0 Å². The number of carbonyl (C=O) groups excluding carboxylic acids is 2. The normalized spacial score (nSPS) is 16.1. The standard InChI is InChI=1S/C13H13F3N2O2/c14-13(15,16)12(20)18-8-6-17(7-9-18)11(19)10-4-2-1-3-5-10/h1-5H,6-9H2. The molecule has 0 unspecified atom stereocenters. The SMILES string of the molecule is O=C(c1ccccc1)N1CCN(C(=O)C(F)(F)F)CC1. The fraction of sp³-hybridized carbons (Fsp3) is 0.385. The Hall–Kier alpha value is -2.05. The minimum absolute atomic E-state index is 0.100. The van der Waals surface area contributed by atoms with Crippen molar-refractivity contribution in [1.29, 1.82) is 0 Å². The zero-order chi connectivity index (χ0) is 14.8. The number of halogens is 3. The molecule has 1 aliphatic heterocycles. The van der Waals surface area contributed by atoms with Crippen LogP contribution in [0.1, 0.15) is 10.4 Å². The Bertz CT molecular complexity index is 494. The summed E-state index contributed by atoms with van der Waals surface area (Å²) >= 11 is 0. The van der Waals surface area contributed by atoms with Crippen molar-refractivity contribution in [3.63, 3.8) is 0 Å². The molecule has 1 aromatic rings. The summed E-state index contributed by atoms with van der Waals surface area (Å²) in [6.07, 6.45) is -4.86. The molecule has 0 atom stereocenters. The largest absolute Gasteiger partial charge is 0.471 e. The summed E-state index contributed by atoms with van der Waals surface area (Å²) in [6, 6.07) is 8.51. The third-order valence-corrected chi connectivity index (χ3v) is 3.12. The molecule has 2 amide bonds. The van der Waals surface area contributed by atoms with E-state index in [0.717, 1.165) is 4.90 Å². The highest BCUT2D eigenvalue weighted by molar-refractivity contribution is 5.94. The molecule has 0 N–H and O–H groups in total. The molecule has 7 heteroatoms. The van der Waals surface area contributed by atoms with Gasteiger partial charge in [0.05, 0.1) is 0 Å². The molecule has 0 bridgehead atoms. The minimum Gasteiger partial charge on any atom is -0.335 e. The third-order valence-electron chi connectivity index (χ3n) is 3.12. The first-order valence-electron chi connectivity index (χ1n) is 6.10. The van der Waals surface area contributed by atoms with Crippen LogP contribution in [0.25, 0.3) is 0 Å². The van der Waals surface area contributed by atoms with E-state index in [4.69, 9.17) is 0 Å². The van der Waals surface area contributed by atoms with Crippen LogP contribution < -0.4 is 0 Å². The van der Waals surface area contributed by atoms with E-state index in [2.05, 4.69) is 0 Å². The van der Waals surface area contributed by atoms with Crippen LogP contribution in [0, 0.1) is 0 Å². The van der Waals surface area contributed by atoms with Crippen LogP contribution in [0.5, 0.6) is 0 Å². The van der Waals surface area contributed by atoms with Gasteiger partial charge in [-0.25, -0.2) is 0 Å². The smallest absolute Gasteiger partial charge is 0.335 e. The van der Waals surface area contributed by atoms with Gasteiger partial charge in [-0.2, -0.15) is 13.2 Å². The number of amides is 2. The van der Waals surface area contributed by atoms with Gasteiger partial charge in [-0.3, -0.25) is 9.59 Å². The van der Waals surface area contributed by atoms with E-state index in [0.29, 0.717) is 5.56 Å². The average Bonchev–Trinajstić information content (AvgIpc) is 2.46. The lowest BCUT2D eigenvalue weighted by Crippen LogP contribution is -2.53. The molecule has 108 valence electrons. The van der Waals surface area contributed by atoms with Gasteiger partial charge < -0.3 is 9.80 Å². The van der Waals surface area contributed by atoms with E-state index < -0.39 is 12.1 Å². The summed E-state index contributed by atoms with van der Waals surface area (Å²) in [5.74, 6) is -2.07. The molecule has 1 aliphatic rings. The van der Waals surface area contributed by atoms with E-state index in [1.165, 1.54) is 4.90 Å². The van der Waals surface area contributed by atoms with Crippen molar-refractivity contribution in [2.75, 3.05) is 26.2 Å². The summed E-state index contributed by atoms with van der Waals surface area (Å²) in [4.78, 5) is 25.3. The third kappa shape index (κ3) is 3.09. The monoisotopic (exact) mass is 286 g/mol. The van der Waals surface area contributed by atoms with Crippen molar-refractivity contribution in [3.8, 4) is 0 Å². The quantitative estimate of drug-likeness (QED) is 0.785. The van der Waals surface area contributed by atoms with Gasteiger partial charge >= 0.3 is 12.1 Å². The van der Waals surface area contributed by atoms with E-state index in [-0.39, 0.29) is 32.1 Å². The summed E-state index contributed by atoms with van der Waals surface area (Å²) in [6.45, 7) is 0.0128. The van der Waals surface area contributed by atoms with Gasteiger partial charge in [0.1, 0.15) is 0 Å². The zero-order valence-electron chi connectivity index (χ0n) is 10.6. The Balaban J connectivity index is 1.95. The Morgan fingerprint density at radius 2 is 1.40 bits per heavy atom. The summed E-state index contributed by atoms with van der Waals surface area (Å²) in [5.41, 5.74) is 0.489. The highest BCUT2D eigenvalue weighted by atomic mass is 19.4. The van der Waals surface area contributed by atoms with Crippen molar-refractivity contribution in [3.05, 3.63) is 35.9 Å². The Morgan fingerprint density at radius 1 is 0.900 bits per heavy atom. The number of nitrogens with zero attached hydrogens (tertiary/aromatic N) is 2. The van der Waals surface area contributed by atoms with Crippen molar-refractivity contribution in [2.24, 2.45) is 0 Å². The number of hydrogen-bond donors (Lipinski definition) is 0. The molecule has 1 aromatic carbocycles. The Kier molecular flexibility index (Phi) is 3.96. The molecular weight excluding hydrogens is 273 g/mol. The molecule has 4 nitrogen and oxygen atoms in total. The first-order valence-corrected chi connectivity index (χ1v) is 6.10. The van der Waals surface area contributed by atoms with Gasteiger partial charge in [0.25, 0.3) is 5.91 Å². The van der Waals surface area contributed by atoms with Crippen LogP contribution in [-0.2, 0) is 4.79 Å². The second kappa shape index (κ2) is 5.52. The van der Waals surface area contributed by atoms with Crippen molar-refractivity contribution in [2.45, 2.75) is 6.18 Å². The molecule has 0 aliphatic carbocycles. The number of hydrogen-bond acceptors (Lipinski definition) is 2. The Morgan fingerprint density at radius 3 is 1.90 bits per heavy atom. The molecule has 1 saturated heterocycles. The van der Waals surface area contributed by atoms with Crippen molar-refractivity contribution < 1.29 is 22.8 Å². The maximum Gasteiger partial charge on any atom is 0.471 e. The first-order chi connectivity index (χ1) is 9.39. The van der Waals surface area contributed by atoms with Gasteiger partial charge in [0.15, 0.2) is 0 Å². The van der Waals surface area contributed by atoms with Crippen LogP contribution in [0.15, 0.2) is 30.3 Å². The molecule has 2 rings (SSSR count). The van der Waals surface area contributed by atoms with Crippen molar-refractivity contribution in [1.82, 2.24) is 9.80 Å². The lowest BCUT2D eigenvalue weighted by molar-refractivity contribution is -0.186. The molecule has 1 fully saturated rings.